The van der Waals surface area contributed by atoms with Gasteiger partial charge in [-0.15, -0.1) is 0 Å². The fraction of sp³-hybridized carbons (Fsp3) is 0.409. The van der Waals surface area contributed by atoms with Crippen molar-refractivity contribution in [3.05, 3.63) is 63.6 Å². The molecule has 0 unspecified atom stereocenters. The molecule has 2 aromatic rings. The zero-order chi connectivity index (χ0) is 21.7. The maximum absolute atomic E-state index is 12.7. The molecule has 2 N–H and O–H groups in total. The predicted molar refractivity (Wildman–Crippen MR) is 122 cm³/mol. The summed E-state index contributed by atoms with van der Waals surface area (Å²) in [5.74, 6) is -0.322. The lowest BCUT2D eigenvalue weighted by molar-refractivity contribution is 0.0950. The van der Waals surface area contributed by atoms with Crippen molar-refractivity contribution in [3.63, 3.8) is 0 Å². The predicted octanol–water partition coefficient (Wildman–Crippen LogP) is 3.66. The number of rotatable bonds is 10. The lowest BCUT2D eigenvalue weighted by Crippen LogP contribution is -2.27. The molecule has 1 aliphatic carbocycles. The first-order chi connectivity index (χ1) is 14.3. The van der Waals surface area contributed by atoms with Gasteiger partial charge in [-0.2, -0.15) is 0 Å². The Morgan fingerprint density at radius 1 is 1.07 bits per heavy atom. The van der Waals surface area contributed by atoms with E-state index >= 15 is 0 Å². The van der Waals surface area contributed by atoms with Crippen molar-refractivity contribution < 1.29 is 13.2 Å². The summed E-state index contributed by atoms with van der Waals surface area (Å²) >= 11 is 3.35. The van der Waals surface area contributed by atoms with E-state index in [0.717, 1.165) is 38.0 Å². The van der Waals surface area contributed by atoms with Crippen LogP contribution in [0.1, 0.15) is 48.2 Å². The molecular weight excluding hydrogens is 466 g/mol. The summed E-state index contributed by atoms with van der Waals surface area (Å²) < 4.78 is 28.1. The normalized spacial score (nSPS) is 14.1. The van der Waals surface area contributed by atoms with Crippen molar-refractivity contribution in [3.8, 4) is 0 Å². The van der Waals surface area contributed by atoms with E-state index < -0.39 is 10.0 Å². The fourth-order valence-electron chi connectivity index (χ4n) is 3.08. The Bertz CT molecular complexity index is 985. The van der Waals surface area contributed by atoms with Gasteiger partial charge >= 0.3 is 0 Å². The van der Waals surface area contributed by atoms with Crippen LogP contribution >= 0.6 is 15.9 Å². The van der Waals surface area contributed by atoms with Crippen molar-refractivity contribution in [1.29, 1.82) is 0 Å². The average Bonchev–Trinajstić information content (AvgIpc) is 3.54. The lowest BCUT2D eigenvalue weighted by atomic mass is 10.1. The molecular formula is C22H28BrN3O3S. The van der Waals surface area contributed by atoms with E-state index in [-0.39, 0.29) is 16.8 Å². The first kappa shape index (κ1) is 22.9. The highest BCUT2D eigenvalue weighted by molar-refractivity contribution is 9.10. The Labute approximate surface area is 187 Å². The number of carbonyl (C=O) groups excluding carboxylic acids is 1. The fourth-order valence-corrected chi connectivity index (χ4v) is 4.84. The molecule has 1 fully saturated rings. The molecule has 0 aromatic heterocycles. The first-order valence-electron chi connectivity index (χ1n) is 10.2. The van der Waals surface area contributed by atoms with Crippen LogP contribution in [0.3, 0.4) is 0 Å². The van der Waals surface area contributed by atoms with E-state index in [4.69, 9.17) is 0 Å². The molecule has 2 aromatic carbocycles. The smallest absolute Gasteiger partial charge is 0.252 e. The quantitative estimate of drug-likeness (QED) is 0.529. The number of halogens is 1. The first-order valence-corrected chi connectivity index (χ1v) is 12.5. The van der Waals surface area contributed by atoms with Crippen LogP contribution in [-0.4, -0.2) is 38.4 Å². The minimum absolute atomic E-state index is 0.0145. The summed E-state index contributed by atoms with van der Waals surface area (Å²) in [4.78, 5) is 15.1. The Morgan fingerprint density at radius 3 is 2.30 bits per heavy atom. The summed E-state index contributed by atoms with van der Waals surface area (Å²) in [5, 5.41) is 2.88. The third-order valence-electron chi connectivity index (χ3n) is 5.17. The van der Waals surface area contributed by atoms with Crippen LogP contribution in [0.5, 0.6) is 0 Å². The molecule has 0 atom stereocenters. The summed E-state index contributed by atoms with van der Waals surface area (Å²) in [6.45, 7) is 7.58. The van der Waals surface area contributed by atoms with Gasteiger partial charge in [0.1, 0.15) is 0 Å². The third kappa shape index (κ3) is 6.14. The molecule has 0 radical (unpaired) electrons. The van der Waals surface area contributed by atoms with Crippen LogP contribution < -0.4 is 10.0 Å². The molecule has 0 saturated heterocycles. The lowest BCUT2D eigenvalue weighted by Gasteiger charge is -2.18. The van der Waals surface area contributed by atoms with Crippen LogP contribution in [-0.2, 0) is 23.1 Å². The highest BCUT2D eigenvalue weighted by atomic mass is 79.9. The molecule has 0 aliphatic heterocycles. The van der Waals surface area contributed by atoms with E-state index in [1.807, 2.05) is 12.1 Å². The Balaban J connectivity index is 1.64. The van der Waals surface area contributed by atoms with Gasteiger partial charge in [0, 0.05) is 23.6 Å². The second kappa shape index (κ2) is 10.0. The Hall–Kier alpha value is -1.74. The van der Waals surface area contributed by atoms with E-state index in [1.54, 1.807) is 6.07 Å². The minimum Gasteiger partial charge on any atom is -0.348 e. The van der Waals surface area contributed by atoms with Crippen LogP contribution in [0, 0.1) is 0 Å². The number of benzene rings is 2. The van der Waals surface area contributed by atoms with Crippen LogP contribution in [0.15, 0.2) is 51.8 Å². The van der Waals surface area contributed by atoms with Crippen LogP contribution in [0.4, 0.5) is 0 Å². The second-order valence-corrected chi connectivity index (χ2v) is 10.1. The van der Waals surface area contributed by atoms with Crippen LogP contribution in [0.2, 0.25) is 0 Å². The highest BCUT2D eigenvalue weighted by Crippen LogP contribution is 2.25. The van der Waals surface area contributed by atoms with E-state index in [0.29, 0.717) is 16.6 Å². The topological polar surface area (TPSA) is 78.5 Å². The molecule has 162 valence electrons. The minimum atomic E-state index is -3.61. The van der Waals surface area contributed by atoms with Crippen molar-refractivity contribution in [1.82, 2.24) is 14.9 Å². The van der Waals surface area contributed by atoms with Gasteiger partial charge in [-0.3, -0.25) is 9.69 Å². The van der Waals surface area contributed by atoms with E-state index in [2.05, 4.69) is 56.8 Å². The largest absolute Gasteiger partial charge is 0.348 e. The number of carbonyl (C=O) groups is 1. The van der Waals surface area contributed by atoms with Gasteiger partial charge in [0.2, 0.25) is 10.0 Å². The van der Waals surface area contributed by atoms with Crippen molar-refractivity contribution in [2.24, 2.45) is 0 Å². The van der Waals surface area contributed by atoms with E-state index in [9.17, 15) is 13.2 Å². The van der Waals surface area contributed by atoms with Gasteiger partial charge in [-0.05, 0) is 71.2 Å². The molecule has 0 bridgehead atoms. The van der Waals surface area contributed by atoms with Gasteiger partial charge in [0.05, 0.1) is 10.5 Å². The summed E-state index contributed by atoms with van der Waals surface area (Å²) in [7, 11) is -3.61. The van der Waals surface area contributed by atoms with Crippen molar-refractivity contribution >= 4 is 31.9 Å². The van der Waals surface area contributed by atoms with Gasteiger partial charge in [0.25, 0.3) is 5.91 Å². The second-order valence-electron chi connectivity index (χ2n) is 7.50. The van der Waals surface area contributed by atoms with Gasteiger partial charge < -0.3 is 5.32 Å². The highest BCUT2D eigenvalue weighted by Gasteiger charge is 2.28. The Morgan fingerprint density at radius 2 is 1.70 bits per heavy atom. The van der Waals surface area contributed by atoms with Crippen molar-refractivity contribution in [2.45, 2.75) is 50.7 Å². The van der Waals surface area contributed by atoms with Crippen molar-refractivity contribution in [2.75, 3.05) is 13.1 Å². The maximum atomic E-state index is 12.7. The number of sulfonamides is 1. The number of amides is 1. The average molecular weight is 494 g/mol. The number of nitrogens with zero attached hydrogens (tertiary/aromatic N) is 1. The van der Waals surface area contributed by atoms with E-state index in [1.165, 1.54) is 17.7 Å². The monoisotopic (exact) mass is 493 g/mol. The van der Waals surface area contributed by atoms with Gasteiger partial charge in [-0.25, -0.2) is 13.1 Å². The van der Waals surface area contributed by atoms with Gasteiger partial charge in [-0.1, -0.05) is 38.1 Å². The maximum Gasteiger partial charge on any atom is 0.252 e. The standard InChI is InChI=1S/C22H28BrN3O3S/c1-3-26(4-2)15-17-7-5-16(6-8-17)14-24-22(27)20-13-19(11-12-21(20)23)30(28,29)25-18-9-10-18/h5-8,11-13,18,25H,3-4,9-10,14-15H2,1-2H3,(H,24,27). The number of hydrogen-bond donors (Lipinski definition) is 2. The molecule has 30 heavy (non-hydrogen) atoms. The molecule has 1 amide bonds. The molecule has 1 aliphatic rings. The number of hydrogen-bond acceptors (Lipinski definition) is 4. The molecule has 3 rings (SSSR count). The SMILES string of the molecule is CCN(CC)Cc1ccc(CNC(=O)c2cc(S(=O)(=O)NC3CC3)ccc2Br)cc1. The Kier molecular flexibility index (Phi) is 7.68. The molecule has 6 nitrogen and oxygen atoms in total. The molecule has 0 spiro atoms. The summed E-state index contributed by atoms with van der Waals surface area (Å²) in [5.41, 5.74) is 2.52. The molecule has 8 heteroatoms. The van der Waals surface area contributed by atoms with Crippen LogP contribution in [0.25, 0.3) is 0 Å². The number of nitrogens with one attached hydrogen (secondary N) is 2. The summed E-state index contributed by atoms with van der Waals surface area (Å²) in [6, 6.07) is 12.7. The zero-order valence-corrected chi connectivity index (χ0v) is 19.7. The van der Waals surface area contributed by atoms with Gasteiger partial charge in [0.15, 0.2) is 0 Å². The summed E-state index contributed by atoms with van der Waals surface area (Å²) in [6.07, 6.45) is 1.72. The third-order valence-corrected chi connectivity index (χ3v) is 7.38. The zero-order valence-electron chi connectivity index (χ0n) is 17.3. The molecule has 0 heterocycles. The molecule has 1 saturated carbocycles.